The molecule has 0 spiro atoms. The first-order valence-electron chi connectivity index (χ1n) is 16.5. The monoisotopic (exact) mass is 500 g/mol. The van der Waals surface area contributed by atoms with Gasteiger partial charge in [0.05, 0.1) is 6.61 Å². The Labute approximate surface area is 227 Å². The van der Waals surface area contributed by atoms with E-state index in [0.717, 1.165) is 18.3 Å². The lowest BCUT2D eigenvalue weighted by Gasteiger charge is -2.11. The van der Waals surface area contributed by atoms with E-state index in [9.17, 15) is 0 Å². The van der Waals surface area contributed by atoms with E-state index in [-0.39, 0.29) is 0 Å². The van der Waals surface area contributed by atoms with Gasteiger partial charge < -0.3 is 4.74 Å². The molecule has 1 atom stereocenters. The van der Waals surface area contributed by atoms with Crippen LogP contribution in [0.5, 0.6) is 5.75 Å². The molecule has 0 saturated heterocycles. The summed E-state index contributed by atoms with van der Waals surface area (Å²) in [5.41, 5.74) is 0. The summed E-state index contributed by atoms with van der Waals surface area (Å²) in [6, 6.07) is 10.2. The van der Waals surface area contributed by atoms with Crippen LogP contribution in [-0.2, 0) is 0 Å². The molecule has 0 radical (unpaired) electrons. The summed E-state index contributed by atoms with van der Waals surface area (Å²) in [6.07, 6.45) is 35.9. The Kier molecular flexibility index (Phi) is 24.8. The minimum absolute atomic E-state index is 0.863. The van der Waals surface area contributed by atoms with Gasteiger partial charge >= 0.3 is 0 Å². The molecule has 1 aromatic rings. The van der Waals surface area contributed by atoms with Crippen molar-refractivity contribution in [3.8, 4) is 5.75 Å². The molecule has 1 heteroatoms. The standard InChI is InChI=1S/C35H64O/c1-3-4-5-6-7-8-14-17-20-24-29-34(2)30-25-21-18-15-12-10-9-11-13-16-19-22-28-33-36-35-31-26-23-27-32-35/h23,26-27,31-32,34H,3-22,24-25,28-30,33H2,1-2H3. The van der Waals surface area contributed by atoms with Crippen LogP contribution in [0.25, 0.3) is 0 Å². The van der Waals surface area contributed by atoms with Crippen molar-refractivity contribution < 1.29 is 4.74 Å². The number of ether oxygens (including phenoxy) is 1. The second kappa shape index (κ2) is 27.1. The normalized spacial score (nSPS) is 12.2. The Morgan fingerprint density at radius 1 is 0.472 bits per heavy atom. The molecule has 0 aliphatic carbocycles. The summed E-state index contributed by atoms with van der Waals surface area (Å²) < 4.78 is 5.77. The maximum absolute atomic E-state index is 5.77. The van der Waals surface area contributed by atoms with Gasteiger partial charge in [-0.25, -0.2) is 0 Å². The second-order valence-electron chi connectivity index (χ2n) is 11.6. The van der Waals surface area contributed by atoms with Gasteiger partial charge in [-0.1, -0.05) is 186 Å². The molecular weight excluding hydrogens is 436 g/mol. The molecule has 1 unspecified atom stereocenters. The molecule has 0 aliphatic rings. The van der Waals surface area contributed by atoms with E-state index in [2.05, 4.69) is 13.8 Å². The van der Waals surface area contributed by atoms with Gasteiger partial charge in [-0.05, 0) is 24.5 Å². The molecule has 210 valence electrons. The zero-order valence-corrected chi connectivity index (χ0v) is 24.8. The van der Waals surface area contributed by atoms with Crippen LogP contribution in [0.1, 0.15) is 174 Å². The fourth-order valence-corrected chi connectivity index (χ4v) is 5.37. The zero-order valence-electron chi connectivity index (χ0n) is 24.8. The van der Waals surface area contributed by atoms with E-state index in [1.54, 1.807) is 0 Å². The third-order valence-electron chi connectivity index (χ3n) is 7.90. The van der Waals surface area contributed by atoms with Gasteiger partial charge in [-0.2, -0.15) is 0 Å². The maximum Gasteiger partial charge on any atom is 0.119 e. The van der Waals surface area contributed by atoms with E-state index in [4.69, 9.17) is 4.74 Å². The number of hydrogen-bond acceptors (Lipinski definition) is 1. The molecule has 0 bridgehead atoms. The molecule has 0 heterocycles. The van der Waals surface area contributed by atoms with Crippen LogP contribution >= 0.6 is 0 Å². The molecule has 0 aliphatic heterocycles. The van der Waals surface area contributed by atoms with Crippen molar-refractivity contribution in [2.45, 2.75) is 174 Å². The Bertz CT molecular complexity index is 525. The zero-order chi connectivity index (χ0) is 25.8. The highest BCUT2D eigenvalue weighted by atomic mass is 16.5. The molecule has 1 nitrogen and oxygen atoms in total. The summed E-state index contributed by atoms with van der Waals surface area (Å²) in [5, 5.41) is 0. The smallest absolute Gasteiger partial charge is 0.119 e. The molecule has 1 aromatic carbocycles. The molecule has 0 amide bonds. The van der Waals surface area contributed by atoms with E-state index < -0.39 is 0 Å². The van der Waals surface area contributed by atoms with Crippen LogP contribution < -0.4 is 4.74 Å². The SMILES string of the molecule is CCCCCCCCCCCCC(C)CCCCCCCCCCCCCCCOc1ccccc1. The van der Waals surface area contributed by atoms with Crippen molar-refractivity contribution in [2.75, 3.05) is 6.61 Å². The van der Waals surface area contributed by atoms with Crippen molar-refractivity contribution >= 4 is 0 Å². The number of rotatable bonds is 28. The van der Waals surface area contributed by atoms with Crippen molar-refractivity contribution in [2.24, 2.45) is 5.92 Å². The largest absolute Gasteiger partial charge is 0.494 e. The summed E-state index contributed by atoms with van der Waals surface area (Å²) in [5.74, 6) is 1.96. The van der Waals surface area contributed by atoms with Gasteiger partial charge in [0, 0.05) is 0 Å². The van der Waals surface area contributed by atoms with Crippen molar-refractivity contribution in [3.63, 3.8) is 0 Å². The molecule has 0 fully saturated rings. The highest BCUT2D eigenvalue weighted by molar-refractivity contribution is 5.20. The van der Waals surface area contributed by atoms with Crippen molar-refractivity contribution in [1.29, 1.82) is 0 Å². The number of benzene rings is 1. The van der Waals surface area contributed by atoms with Crippen LogP contribution in [-0.4, -0.2) is 6.61 Å². The van der Waals surface area contributed by atoms with Gasteiger partial charge in [0.1, 0.15) is 5.75 Å². The first-order valence-corrected chi connectivity index (χ1v) is 16.5. The molecule has 36 heavy (non-hydrogen) atoms. The predicted octanol–water partition coefficient (Wildman–Crippen LogP) is 12.5. The van der Waals surface area contributed by atoms with Crippen LogP contribution in [0.3, 0.4) is 0 Å². The quantitative estimate of drug-likeness (QED) is 0.104. The maximum atomic E-state index is 5.77. The average Bonchev–Trinajstić information content (AvgIpc) is 2.90. The molecule has 0 saturated carbocycles. The van der Waals surface area contributed by atoms with Crippen LogP contribution in [0.2, 0.25) is 0 Å². The molecule has 0 N–H and O–H groups in total. The first kappa shape index (κ1) is 33.0. The second-order valence-corrected chi connectivity index (χ2v) is 11.6. The summed E-state index contributed by atoms with van der Waals surface area (Å²) in [4.78, 5) is 0. The third kappa shape index (κ3) is 23.4. The van der Waals surface area contributed by atoms with Crippen molar-refractivity contribution in [3.05, 3.63) is 30.3 Å². The number of hydrogen-bond donors (Lipinski definition) is 0. The van der Waals surface area contributed by atoms with E-state index in [0.29, 0.717) is 0 Å². The minimum atomic E-state index is 0.863. The van der Waals surface area contributed by atoms with E-state index in [1.807, 2.05) is 30.3 Å². The third-order valence-corrected chi connectivity index (χ3v) is 7.90. The Hall–Kier alpha value is -0.980. The summed E-state index contributed by atoms with van der Waals surface area (Å²) >= 11 is 0. The molecular formula is C35H64O. The van der Waals surface area contributed by atoms with Gasteiger partial charge in [0.25, 0.3) is 0 Å². The minimum Gasteiger partial charge on any atom is -0.494 e. The highest BCUT2D eigenvalue weighted by Crippen LogP contribution is 2.19. The number of para-hydroxylation sites is 1. The predicted molar refractivity (Wildman–Crippen MR) is 162 cm³/mol. The fraction of sp³-hybridized carbons (Fsp3) is 0.829. The Balaban J connectivity index is 1.69. The number of unbranched alkanes of at least 4 members (excludes halogenated alkanes) is 21. The topological polar surface area (TPSA) is 9.23 Å². The Morgan fingerprint density at radius 2 is 0.833 bits per heavy atom. The molecule has 0 aromatic heterocycles. The van der Waals surface area contributed by atoms with Crippen LogP contribution in [0.15, 0.2) is 30.3 Å². The average molecular weight is 501 g/mol. The van der Waals surface area contributed by atoms with Gasteiger partial charge in [0.15, 0.2) is 0 Å². The summed E-state index contributed by atoms with van der Waals surface area (Å²) in [7, 11) is 0. The highest BCUT2D eigenvalue weighted by Gasteiger charge is 2.02. The lowest BCUT2D eigenvalue weighted by atomic mass is 9.95. The van der Waals surface area contributed by atoms with Crippen molar-refractivity contribution in [1.82, 2.24) is 0 Å². The van der Waals surface area contributed by atoms with E-state index in [1.165, 1.54) is 161 Å². The van der Waals surface area contributed by atoms with Crippen LogP contribution in [0, 0.1) is 5.92 Å². The van der Waals surface area contributed by atoms with Crippen LogP contribution in [0.4, 0.5) is 0 Å². The Morgan fingerprint density at radius 3 is 1.25 bits per heavy atom. The fourth-order valence-electron chi connectivity index (χ4n) is 5.37. The van der Waals surface area contributed by atoms with Gasteiger partial charge in [0.2, 0.25) is 0 Å². The van der Waals surface area contributed by atoms with E-state index >= 15 is 0 Å². The van der Waals surface area contributed by atoms with Gasteiger partial charge in [-0.3, -0.25) is 0 Å². The lowest BCUT2D eigenvalue weighted by Crippen LogP contribution is -1.96. The summed E-state index contributed by atoms with van der Waals surface area (Å²) in [6.45, 7) is 5.66. The molecule has 1 rings (SSSR count). The first-order chi connectivity index (χ1) is 17.8. The lowest BCUT2D eigenvalue weighted by molar-refractivity contribution is 0.304. The van der Waals surface area contributed by atoms with Gasteiger partial charge in [-0.15, -0.1) is 0 Å².